The van der Waals surface area contributed by atoms with Crippen molar-refractivity contribution in [3.63, 3.8) is 0 Å². The van der Waals surface area contributed by atoms with Gasteiger partial charge in [-0.15, -0.1) is 0 Å². The lowest BCUT2D eigenvalue weighted by atomic mass is 10.2. The number of nitrogens with one attached hydrogen (secondary N) is 2. The Balaban J connectivity index is 1.75. The molecular formula is C17H15F2N3O2. The minimum Gasteiger partial charge on any atom is -0.351 e. The van der Waals surface area contributed by atoms with Gasteiger partial charge in [0, 0.05) is 31.6 Å². The topological polar surface area (TPSA) is 71.1 Å². The third-order valence-electron chi connectivity index (χ3n) is 3.01. The van der Waals surface area contributed by atoms with Gasteiger partial charge in [-0.2, -0.15) is 0 Å². The molecule has 0 aliphatic heterocycles. The second kappa shape index (κ2) is 8.52. The normalized spacial score (nSPS) is 10.6. The van der Waals surface area contributed by atoms with Crippen molar-refractivity contribution in [2.24, 2.45) is 0 Å². The van der Waals surface area contributed by atoms with Crippen LogP contribution < -0.4 is 10.6 Å². The SMILES string of the molecule is O=C(C=Cc1cccnc1)NCCNC(=O)c1c(F)cccc1F. The highest BCUT2D eigenvalue weighted by atomic mass is 19.1. The molecule has 2 aromatic rings. The van der Waals surface area contributed by atoms with Gasteiger partial charge in [0.25, 0.3) is 5.91 Å². The number of hydrogen-bond acceptors (Lipinski definition) is 3. The molecule has 1 heterocycles. The van der Waals surface area contributed by atoms with E-state index in [2.05, 4.69) is 15.6 Å². The van der Waals surface area contributed by atoms with Crippen LogP contribution in [0.25, 0.3) is 6.08 Å². The number of rotatable bonds is 6. The van der Waals surface area contributed by atoms with Crippen LogP contribution in [0.4, 0.5) is 8.78 Å². The third-order valence-corrected chi connectivity index (χ3v) is 3.01. The highest BCUT2D eigenvalue weighted by molar-refractivity contribution is 5.95. The molecule has 0 saturated carbocycles. The Hall–Kier alpha value is -3.09. The summed E-state index contributed by atoms with van der Waals surface area (Å²) in [6, 6.07) is 6.72. The highest BCUT2D eigenvalue weighted by Crippen LogP contribution is 2.11. The average Bonchev–Trinajstić information content (AvgIpc) is 2.57. The Morgan fingerprint density at radius 3 is 2.42 bits per heavy atom. The van der Waals surface area contributed by atoms with E-state index in [1.54, 1.807) is 30.6 Å². The van der Waals surface area contributed by atoms with Crippen LogP contribution in [-0.4, -0.2) is 29.9 Å². The van der Waals surface area contributed by atoms with Crippen molar-refractivity contribution < 1.29 is 18.4 Å². The first-order chi connectivity index (χ1) is 11.6. The number of hydrogen-bond donors (Lipinski definition) is 2. The summed E-state index contributed by atoms with van der Waals surface area (Å²) < 4.78 is 26.8. The van der Waals surface area contributed by atoms with E-state index in [0.29, 0.717) is 0 Å². The largest absolute Gasteiger partial charge is 0.351 e. The number of halogens is 2. The first kappa shape index (κ1) is 17.3. The number of amides is 2. The summed E-state index contributed by atoms with van der Waals surface area (Å²) >= 11 is 0. The summed E-state index contributed by atoms with van der Waals surface area (Å²) in [5.41, 5.74) is 0.135. The van der Waals surface area contributed by atoms with Crippen molar-refractivity contribution in [3.05, 3.63) is 71.6 Å². The maximum atomic E-state index is 13.4. The van der Waals surface area contributed by atoms with E-state index in [0.717, 1.165) is 17.7 Å². The zero-order chi connectivity index (χ0) is 17.4. The van der Waals surface area contributed by atoms with Crippen LogP contribution in [0.3, 0.4) is 0 Å². The fourth-order valence-electron chi connectivity index (χ4n) is 1.87. The number of pyridine rings is 1. The second-order valence-corrected chi connectivity index (χ2v) is 4.76. The van der Waals surface area contributed by atoms with E-state index in [1.165, 1.54) is 12.1 Å². The molecule has 0 aliphatic rings. The van der Waals surface area contributed by atoms with Crippen molar-refractivity contribution in [3.8, 4) is 0 Å². The first-order valence-corrected chi connectivity index (χ1v) is 7.16. The lowest BCUT2D eigenvalue weighted by Crippen LogP contribution is -2.34. The Labute approximate surface area is 137 Å². The highest BCUT2D eigenvalue weighted by Gasteiger charge is 2.16. The number of carbonyl (C=O) groups is 2. The molecule has 0 unspecified atom stereocenters. The van der Waals surface area contributed by atoms with Crippen LogP contribution in [0, 0.1) is 11.6 Å². The van der Waals surface area contributed by atoms with E-state index >= 15 is 0 Å². The smallest absolute Gasteiger partial charge is 0.257 e. The van der Waals surface area contributed by atoms with Crippen molar-refractivity contribution in [1.82, 2.24) is 15.6 Å². The molecule has 0 fully saturated rings. The van der Waals surface area contributed by atoms with Gasteiger partial charge in [0.2, 0.25) is 5.91 Å². The van der Waals surface area contributed by atoms with E-state index < -0.39 is 23.1 Å². The van der Waals surface area contributed by atoms with Gasteiger partial charge in [0.05, 0.1) is 0 Å². The summed E-state index contributed by atoms with van der Waals surface area (Å²) in [6.45, 7) is 0.164. The maximum absolute atomic E-state index is 13.4. The molecule has 7 heteroatoms. The molecule has 1 aromatic heterocycles. The maximum Gasteiger partial charge on any atom is 0.257 e. The van der Waals surface area contributed by atoms with Gasteiger partial charge >= 0.3 is 0 Å². The van der Waals surface area contributed by atoms with E-state index in [1.807, 2.05) is 0 Å². The van der Waals surface area contributed by atoms with Gasteiger partial charge in [-0.1, -0.05) is 12.1 Å². The molecule has 1 aromatic carbocycles. The van der Waals surface area contributed by atoms with E-state index in [-0.39, 0.29) is 19.0 Å². The molecule has 2 N–H and O–H groups in total. The molecule has 0 atom stereocenters. The minimum atomic E-state index is -0.934. The van der Waals surface area contributed by atoms with Crippen molar-refractivity contribution in [1.29, 1.82) is 0 Å². The van der Waals surface area contributed by atoms with Crippen LogP contribution in [0.5, 0.6) is 0 Å². The predicted molar refractivity (Wildman–Crippen MR) is 85.0 cm³/mol. The summed E-state index contributed by atoms with van der Waals surface area (Å²) in [5.74, 6) is -3.09. The van der Waals surface area contributed by atoms with E-state index in [4.69, 9.17) is 0 Å². The van der Waals surface area contributed by atoms with Gasteiger partial charge in [-0.25, -0.2) is 8.78 Å². The van der Waals surface area contributed by atoms with Gasteiger partial charge < -0.3 is 10.6 Å². The Kier molecular flexibility index (Phi) is 6.13. The average molecular weight is 331 g/mol. The number of carbonyl (C=O) groups excluding carboxylic acids is 2. The zero-order valence-electron chi connectivity index (χ0n) is 12.6. The molecule has 2 amide bonds. The quantitative estimate of drug-likeness (QED) is 0.627. The molecule has 0 aliphatic carbocycles. The predicted octanol–water partition coefficient (Wildman–Crippen LogP) is 1.92. The molecule has 0 bridgehead atoms. The van der Waals surface area contributed by atoms with Gasteiger partial charge in [0.1, 0.15) is 17.2 Å². The molecule has 2 rings (SSSR count). The molecule has 124 valence electrons. The van der Waals surface area contributed by atoms with Crippen LogP contribution in [0.15, 0.2) is 48.8 Å². The summed E-state index contributed by atoms with van der Waals surface area (Å²) in [6.07, 6.45) is 6.15. The summed E-state index contributed by atoms with van der Waals surface area (Å²) in [7, 11) is 0. The Morgan fingerprint density at radius 2 is 1.75 bits per heavy atom. The fraction of sp³-hybridized carbons (Fsp3) is 0.118. The number of nitrogens with zero attached hydrogens (tertiary/aromatic N) is 1. The number of benzene rings is 1. The Bertz CT molecular complexity index is 729. The molecule has 0 saturated heterocycles. The molecule has 0 spiro atoms. The van der Waals surface area contributed by atoms with Gasteiger partial charge in [-0.05, 0) is 29.8 Å². The first-order valence-electron chi connectivity index (χ1n) is 7.16. The lowest BCUT2D eigenvalue weighted by molar-refractivity contribution is -0.116. The monoisotopic (exact) mass is 331 g/mol. The van der Waals surface area contributed by atoms with Crippen LogP contribution >= 0.6 is 0 Å². The minimum absolute atomic E-state index is 0.0408. The standard InChI is InChI=1S/C17H15F2N3O2/c18-13-4-1-5-14(19)16(13)17(24)22-10-9-21-15(23)7-6-12-3-2-8-20-11-12/h1-8,11H,9-10H2,(H,21,23)(H,22,24). The second-order valence-electron chi connectivity index (χ2n) is 4.76. The van der Waals surface area contributed by atoms with E-state index in [9.17, 15) is 18.4 Å². The van der Waals surface area contributed by atoms with Gasteiger partial charge in [-0.3, -0.25) is 14.6 Å². The van der Waals surface area contributed by atoms with Crippen LogP contribution in [-0.2, 0) is 4.79 Å². The van der Waals surface area contributed by atoms with Crippen LogP contribution in [0.2, 0.25) is 0 Å². The number of aromatic nitrogens is 1. The summed E-state index contributed by atoms with van der Waals surface area (Å²) in [4.78, 5) is 27.2. The van der Waals surface area contributed by atoms with Crippen LogP contribution in [0.1, 0.15) is 15.9 Å². The van der Waals surface area contributed by atoms with Crippen molar-refractivity contribution >= 4 is 17.9 Å². The molecule has 5 nitrogen and oxygen atoms in total. The summed E-state index contributed by atoms with van der Waals surface area (Å²) in [5, 5.41) is 4.88. The van der Waals surface area contributed by atoms with Gasteiger partial charge in [0.15, 0.2) is 0 Å². The van der Waals surface area contributed by atoms with Crippen molar-refractivity contribution in [2.45, 2.75) is 0 Å². The van der Waals surface area contributed by atoms with Crippen molar-refractivity contribution in [2.75, 3.05) is 13.1 Å². The molecule has 0 radical (unpaired) electrons. The fourth-order valence-corrected chi connectivity index (χ4v) is 1.87. The molecular weight excluding hydrogens is 316 g/mol. The third kappa shape index (κ3) is 4.98. The Morgan fingerprint density at radius 1 is 1.04 bits per heavy atom. The molecule has 24 heavy (non-hydrogen) atoms. The lowest BCUT2D eigenvalue weighted by Gasteiger charge is -2.07. The zero-order valence-corrected chi connectivity index (χ0v) is 12.6.